The third-order valence-corrected chi connectivity index (χ3v) is 3.29. The smallest absolute Gasteiger partial charge is 0.325 e. The van der Waals surface area contributed by atoms with E-state index in [0.717, 1.165) is 0 Å². The van der Waals surface area contributed by atoms with E-state index in [0.29, 0.717) is 18.8 Å². The van der Waals surface area contributed by atoms with Crippen molar-refractivity contribution in [3.63, 3.8) is 0 Å². The van der Waals surface area contributed by atoms with Crippen LogP contribution in [0, 0.1) is 5.92 Å². The zero-order chi connectivity index (χ0) is 15.4. The molecule has 2 heterocycles. The van der Waals surface area contributed by atoms with Crippen LogP contribution in [0.2, 0.25) is 0 Å². The molecule has 1 aromatic heterocycles. The van der Waals surface area contributed by atoms with Gasteiger partial charge in [0.15, 0.2) is 0 Å². The molecule has 2 amide bonds. The largest absolute Gasteiger partial charge is 0.480 e. The Labute approximate surface area is 120 Å². The van der Waals surface area contributed by atoms with E-state index in [1.165, 1.54) is 10.9 Å². The summed E-state index contributed by atoms with van der Waals surface area (Å²) < 4.78 is 1.18. The molecule has 0 bridgehead atoms. The van der Waals surface area contributed by atoms with Crippen molar-refractivity contribution in [3.05, 3.63) is 11.9 Å². The third-order valence-electron chi connectivity index (χ3n) is 3.29. The van der Waals surface area contributed by atoms with Crippen LogP contribution < -0.4 is 5.32 Å². The molecule has 1 atom stereocenters. The zero-order valence-corrected chi connectivity index (χ0v) is 11.7. The molecule has 2 N–H and O–H groups in total. The molecule has 21 heavy (non-hydrogen) atoms. The summed E-state index contributed by atoms with van der Waals surface area (Å²) in [5, 5.41) is 18.7. The number of carboxylic acids is 1. The van der Waals surface area contributed by atoms with E-state index in [2.05, 4.69) is 15.6 Å². The van der Waals surface area contributed by atoms with Gasteiger partial charge in [0.25, 0.3) is 0 Å². The van der Waals surface area contributed by atoms with Crippen molar-refractivity contribution >= 4 is 17.8 Å². The van der Waals surface area contributed by atoms with Crippen molar-refractivity contribution < 1.29 is 19.5 Å². The highest BCUT2D eigenvalue weighted by Gasteiger charge is 2.33. The minimum atomic E-state index is -1.01. The van der Waals surface area contributed by atoms with E-state index in [1.807, 2.05) is 6.92 Å². The monoisotopic (exact) mass is 295 g/mol. The van der Waals surface area contributed by atoms with Gasteiger partial charge in [0.05, 0.1) is 18.7 Å². The Balaban J connectivity index is 1.83. The van der Waals surface area contributed by atoms with Crippen LogP contribution in [-0.4, -0.2) is 55.9 Å². The van der Waals surface area contributed by atoms with Crippen molar-refractivity contribution in [1.29, 1.82) is 0 Å². The number of amides is 2. The summed E-state index contributed by atoms with van der Waals surface area (Å²) in [4.78, 5) is 35.7. The standard InChI is InChI=1S/C12H17N5O4/c1-2-16-5-8(3-10(16)18)12(21)13-4-9-6-17(15-14-9)7-11(19)20/h6,8H,2-5,7H2,1H3,(H,13,21)(H,19,20). The molecular formula is C12H17N5O4. The van der Waals surface area contributed by atoms with Gasteiger partial charge in [0.2, 0.25) is 11.8 Å². The third kappa shape index (κ3) is 3.77. The van der Waals surface area contributed by atoms with Gasteiger partial charge >= 0.3 is 5.97 Å². The van der Waals surface area contributed by atoms with E-state index in [1.54, 1.807) is 4.90 Å². The van der Waals surface area contributed by atoms with Crippen LogP contribution in [0.5, 0.6) is 0 Å². The first-order valence-electron chi connectivity index (χ1n) is 6.66. The highest BCUT2D eigenvalue weighted by molar-refractivity contribution is 5.89. The van der Waals surface area contributed by atoms with E-state index < -0.39 is 5.97 Å². The molecule has 0 spiro atoms. The van der Waals surface area contributed by atoms with Crippen LogP contribution in [0.15, 0.2) is 6.20 Å². The topological polar surface area (TPSA) is 117 Å². The predicted molar refractivity (Wildman–Crippen MR) is 69.9 cm³/mol. The van der Waals surface area contributed by atoms with Gasteiger partial charge in [0, 0.05) is 19.5 Å². The maximum absolute atomic E-state index is 12.0. The number of carbonyl (C=O) groups excluding carboxylic acids is 2. The highest BCUT2D eigenvalue weighted by atomic mass is 16.4. The van der Waals surface area contributed by atoms with E-state index in [4.69, 9.17) is 5.11 Å². The van der Waals surface area contributed by atoms with E-state index >= 15 is 0 Å². The van der Waals surface area contributed by atoms with Gasteiger partial charge in [-0.3, -0.25) is 14.4 Å². The lowest BCUT2D eigenvalue weighted by Gasteiger charge is -2.13. The Morgan fingerprint density at radius 1 is 1.52 bits per heavy atom. The molecule has 0 aliphatic carbocycles. The van der Waals surface area contributed by atoms with Gasteiger partial charge in [-0.05, 0) is 6.92 Å². The van der Waals surface area contributed by atoms with Crippen LogP contribution in [0.1, 0.15) is 19.0 Å². The van der Waals surface area contributed by atoms with Gasteiger partial charge in [0.1, 0.15) is 12.2 Å². The van der Waals surface area contributed by atoms with Crippen molar-refractivity contribution in [1.82, 2.24) is 25.2 Å². The molecule has 9 heteroatoms. The molecule has 1 unspecified atom stereocenters. The summed E-state index contributed by atoms with van der Waals surface area (Å²) in [6.07, 6.45) is 1.69. The fourth-order valence-corrected chi connectivity index (χ4v) is 2.21. The molecular weight excluding hydrogens is 278 g/mol. The molecule has 9 nitrogen and oxygen atoms in total. The summed E-state index contributed by atoms with van der Waals surface area (Å²) in [6, 6.07) is 0. The maximum atomic E-state index is 12.0. The number of nitrogens with one attached hydrogen (secondary N) is 1. The first kappa shape index (κ1) is 14.9. The first-order chi connectivity index (χ1) is 9.99. The first-order valence-corrected chi connectivity index (χ1v) is 6.66. The lowest BCUT2D eigenvalue weighted by Crippen LogP contribution is -2.32. The van der Waals surface area contributed by atoms with Crippen LogP contribution in [0.25, 0.3) is 0 Å². The fraction of sp³-hybridized carbons (Fsp3) is 0.583. The van der Waals surface area contributed by atoms with Crippen LogP contribution in [-0.2, 0) is 27.5 Å². The van der Waals surface area contributed by atoms with Crippen LogP contribution in [0.4, 0.5) is 0 Å². The van der Waals surface area contributed by atoms with Gasteiger partial charge < -0.3 is 15.3 Å². The fourth-order valence-electron chi connectivity index (χ4n) is 2.21. The predicted octanol–water partition coefficient (Wildman–Crippen LogP) is -1.15. The Kier molecular flexibility index (Phi) is 4.51. The van der Waals surface area contributed by atoms with Gasteiger partial charge in [-0.2, -0.15) is 0 Å². The normalized spacial score (nSPS) is 18.0. The zero-order valence-electron chi connectivity index (χ0n) is 11.7. The Morgan fingerprint density at radius 3 is 2.90 bits per heavy atom. The Hall–Kier alpha value is -2.45. The summed E-state index contributed by atoms with van der Waals surface area (Å²) in [6.45, 7) is 2.80. The number of likely N-dealkylation sites (tertiary alicyclic amines) is 1. The highest BCUT2D eigenvalue weighted by Crippen LogP contribution is 2.17. The molecule has 1 aliphatic rings. The maximum Gasteiger partial charge on any atom is 0.325 e. The van der Waals surface area contributed by atoms with Gasteiger partial charge in [-0.25, -0.2) is 4.68 Å². The molecule has 1 aromatic rings. The lowest BCUT2D eigenvalue weighted by atomic mass is 10.1. The Bertz CT molecular complexity index is 556. The second-order valence-electron chi connectivity index (χ2n) is 4.85. The number of aromatic nitrogens is 3. The Morgan fingerprint density at radius 2 is 2.29 bits per heavy atom. The average molecular weight is 295 g/mol. The quantitative estimate of drug-likeness (QED) is 0.684. The van der Waals surface area contributed by atoms with E-state index in [9.17, 15) is 14.4 Å². The second kappa shape index (κ2) is 6.33. The molecule has 0 saturated carbocycles. The summed E-state index contributed by atoms with van der Waals surface area (Å²) >= 11 is 0. The van der Waals surface area contributed by atoms with Crippen LogP contribution in [0.3, 0.4) is 0 Å². The molecule has 2 rings (SSSR count). The minimum absolute atomic E-state index is 0.00921. The van der Waals surface area contributed by atoms with Crippen LogP contribution >= 0.6 is 0 Å². The molecule has 1 fully saturated rings. The summed E-state index contributed by atoms with van der Waals surface area (Å²) in [5.74, 6) is -1.57. The number of carbonyl (C=O) groups is 3. The SMILES string of the molecule is CCN1CC(C(=O)NCc2cn(CC(=O)O)nn2)CC1=O. The number of rotatable bonds is 6. The molecule has 1 saturated heterocycles. The van der Waals surface area contributed by atoms with Crippen molar-refractivity contribution in [3.8, 4) is 0 Å². The second-order valence-corrected chi connectivity index (χ2v) is 4.85. The number of hydrogen-bond acceptors (Lipinski definition) is 5. The molecule has 0 radical (unpaired) electrons. The summed E-state index contributed by atoms with van der Waals surface area (Å²) in [5.41, 5.74) is 0.473. The molecule has 0 aromatic carbocycles. The molecule has 114 valence electrons. The number of nitrogens with zero attached hydrogens (tertiary/aromatic N) is 4. The van der Waals surface area contributed by atoms with Crippen molar-refractivity contribution in [2.75, 3.05) is 13.1 Å². The molecule has 1 aliphatic heterocycles. The summed E-state index contributed by atoms with van der Waals surface area (Å²) in [7, 11) is 0. The minimum Gasteiger partial charge on any atom is -0.480 e. The van der Waals surface area contributed by atoms with E-state index in [-0.39, 0.29) is 37.2 Å². The van der Waals surface area contributed by atoms with Crippen molar-refractivity contribution in [2.45, 2.75) is 26.4 Å². The number of carboxylic acid groups (broad SMARTS) is 1. The number of hydrogen-bond donors (Lipinski definition) is 2. The van der Waals surface area contributed by atoms with Gasteiger partial charge in [-0.1, -0.05) is 5.21 Å². The van der Waals surface area contributed by atoms with Crippen molar-refractivity contribution in [2.24, 2.45) is 5.92 Å². The van der Waals surface area contributed by atoms with Gasteiger partial charge in [-0.15, -0.1) is 5.10 Å². The average Bonchev–Trinajstić information content (AvgIpc) is 3.02. The number of aliphatic carboxylic acids is 1. The lowest BCUT2D eigenvalue weighted by molar-refractivity contribution is -0.138.